The van der Waals surface area contributed by atoms with Gasteiger partial charge < -0.3 is 19.7 Å². The molecule has 0 aromatic heterocycles. The van der Waals surface area contributed by atoms with Gasteiger partial charge in [-0.15, -0.1) is 0 Å². The van der Waals surface area contributed by atoms with Crippen molar-refractivity contribution in [1.29, 1.82) is 0 Å². The maximum atomic E-state index is 12.4. The number of anilines is 1. The lowest BCUT2D eigenvalue weighted by Gasteiger charge is -2.31. The molecule has 0 bridgehead atoms. The van der Waals surface area contributed by atoms with Gasteiger partial charge in [-0.3, -0.25) is 0 Å². The number of urea groups is 1. The van der Waals surface area contributed by atoms with Crippen molar-refractivity contribution in [2.24, 2.45) is 0 Å². The van der Waals surface area contributed by atoms with Crippen LogP contribution in [0.5, 0.6) is 0 Å². The van der Waals surface area contributed by atoms with E-state index in [9.17, 15) is 9.59 Å². The molecule has 0 aliphatic carbocycles. The Morgan fingerprint density at radius 3 is 2.57 bits per heavy atom. The Morgan fingerprint density at radius 1 is 1.14 bits per heavy atom. The molecule has 2 aromatic rings. The van der Waals surface area contributed by atoms with Gasteiger partial charge in [-0.05, 0) is 43.3 Å². The van der Waals surface area contributed by atoms with Crippen molar-refractivity contribution in [3.63, 3.8) is 0 Å². The molecule has 2 aromatic carbocycles. The van der Waals surface area contributed by atoms with Crippen molar-refractivity contribution in [3.05, 3.63) is 65.2 Å². The molecule has 3 rings (SSSR count). The summed E-state index contributed by atoms with van der Waals surface area (Å²) in [7, 11) is 1.35. The number of amides is 2. The SMILES string of the molecule is COC(=O)c1cccc(C#Cc2cccc(NC(=O)N3CCO[C@@H](C)C3)c2)c1. The van der Waals surface area contributed by atoms with Crippen LogP contribution >= 0.6 is 0 Å². The van der Waals surface area contributed by atoms with E-state index in [0.29, 0.717) is 36.5 Å². The molecule has 0 spiro atoms. The first-order valence-corrected chi connectivity index (χ1v) is 9.03. The van der Waals surface area contributed by atoms with Crippen LogP contribution in [0.2, 0.25) is 0 Å². The third-order valence-electron chi connectivity index (χ3n) is 4.28. The normalized spacial score (nSPS) is 15.9. The fourth-order valence-corrected chi connectivity index (χ4v) is 2.87. The second-order valence-corrected chi connectivity index (χ2v) is 6.46. The lowest BCUT2D eigenvalue weighted by Crippen LogP contribution is -2.46. The van der Waals surface area contributed by atoms with Gasteiger partial charge in [0.1, 0.15) is 0 Å². The van der Waals surface area contributed by atoms with Crippen molar-refractivity contribution in [2.75, 3.05) is 32.1 Å². The molecule has 0 saturated carbocycles. The van der Waals surface area contributed by atoms with Gasteiger partial charge in [-0.25, -0.2) is 9.59 Å². The number of benzene rings is 2. The highest BCUT2D eigenvalue weighted by Gasteiger charge is 2.21. The number of nitrogens with zero attached hydrogens (tertiary/aromatic N) is 1. The fraction of sp³-hybridized carbons (Fsp3) is 0.273. The van der Waals surface area contributed by atoms with Crippen molar-refractivity contribution in [2.45, 2.75) is 13.0 Å². The summed E-state index contributed by atoms with van der Waals surface area (Å²) in [4.78, 5) is 25.8. The van der Waals surface area contributed by atoms with Crippen LogP contribution in [0.25, 0.3) is 0 Å². The molecule has 0 radical (unpaired) electrons. The van der Waals surface area contributed by atoms with E-state index in [1.54, 1.807) is 23.1 Å². The molecular formula is C22H22N2O4. The predicted octanol–water partition coefficient (Wildman–Crippen LogP) is 3.13. The highest BCUT2D eigenvalue weighted by Crippen LogP contribution is 2.13. The van der Waals surface area contributed by atoms with E-state index in [1.165, 1.54) is 7.11 Å². The maximum Gasteiger partial charge on any atom is 0.337 e. The van der Waals surface area contributed by atoms with Crippen molar-refractivity contribution in [3.8, 4) is 11.8 Å². The minimum absolute atomic E-state index is 0.0393. The number of rotatable bonds is 2. The first kappa shape index (κ1) is 19.5. The van der Waals surface area contributed by atoms with Crippen LogP contribution in [0, 0.1) is 11.8 Å². The number of hydrogen-bond acceptors (Lipinski definition) is 4. The summed E-state index contributed by atoms with van der Waals surface area (Å²) in [6.07, 6.45) is 0.0393. The Morgan fingerprint density at radius 2 is 1.86 bits per heavy atom. The van der Waals surface area contributed by atoms with E-state index in [0.717, 1.165) is 5.56 Å². The Balaban J connectivity index is 1.70. The summed E-state index contributed by atoms with van der Waals surface area (Å²) >= 11 is 0. The van der Waals surface area contributed by atoms with Crippen LogP contribution in [0.1, 0.15) is 28.4 Å². The van der Waals surface area contributed by atoms with E-state index in [2.05, 4.69) is 17.2 Å². The smallest absolute Gasteiger partial charge is 0.337 e. The van der Waals surface area contributed by atoms with Crippen molar-refractivity contribution >= 4 is 17.7 Å². The van der Waals surface area contributed by atoms with Gasteiger partial charge in [0, 0.05) is 29.9 Å². The van der Waals surface area contributed by atoms with Crippen molar-refractivity contribution in [1.82, 2.24) is 4.90 Å². The second-order valence-electron chi connectivity index (χ2n) is 6.46. The first-order valence-electron chi connectivity index (χ1n) is 9.03. The Hall–Kier alpha value is -3.30. The topological polar surface area (TPSA) is 67.9 Å². The molecule has 28 heavy (non-hydrogen) atoms. The van der Waals surface area contributed by atoms with Crippen LogP contribution in [0.3, 0.4) is 0 Å². The summed E-state index contributed by atoms with van der Waals surface area (Å²) in [5.74, 6) is 5.69. The standard InChI is InChI=1S/C22H22N2O4/c1-16-15-24(11-12-28-16)22(26)23-20-8-4-6-18(14-20)10-9-17-5-3-7-19(13-17)21(25)27-2/h3-8,13-14,16H,11-12,15H2,1-2H3,(H,23,26)/t16-/m0/s1. The van der Waals surface area contributed by atoms with Crippen LogP contribution in [-0.4, -0.2) is 49.8 Å². The summed E-state index contributed by atoms with van der Waals surface area (Å²) in [5.41, 5.74) is 2.60. The second kappa shape index (κ2) is 9.07. The van der Waals surface area contributed by atoms with Crippen LogP contribution in [-0.2, 0) is 9.47 Å². The lowest BCUT2D eigenvalue weighted by atomic mass is 10.1. The molecule has 6 heteroatoms. The number of methoxy groups -OCH3 is 1. The number of ether oxygens (including phenoxy) is 2. The minimum atomic E-state index is -0.397. The monoisotopic (exact) mass is 378 g/mol. The van der Waals surface area contributed by atoms with Gasteiger partial charge in [0.15, 0.2) is 0 Å². The van der Waals surface area contributed by atoms with E-state index in [4.69, 9.17) is 9.47 Å². The van der Waals surface area contributed by atoms with Crippen LogP contribution < -0.4 is 5.32 Å². The summed E-state index contributed by atoms with van der Waals surface area (Å²) in [6.45, 7) is 3.64. The molecular weight excluding hydrogens is 356 g/mol. The van der Waals surface area contributed by atoms with Crippen LogP contribution in [0.15, 0.2) is 48.5 Å². The van der Waals surface area contributed by atoms with Gasteiger partial charge in [-0.2, -0.15) is 0 Å². The number of carbonyl (C=O) groups is 2. The molecule has 1 N–H and O–H groups in total. The molecule has 1 saturated heterocycles. The van der Waals surface area contributed by atoms with Gasteiger partial charge in [0.25, 0.3) is 0 Å². The third-order valence-corrected chi connectivity index (χ3v) is 4.28. The maximum absolute atomic E-state index is 12.4. The van der Waals surface area contributed by atoms with E-state index < -0.39 is 5.97 Å². The molecule has 1 heterocycles. The average Bonchev–Trinajstić information content (AvgIpc) is 2.72. The number of carbonyl (C=O) groups excluding carboxylic acids is 2. The molecule has 1 aliphatic heterocycles. The third kappa shape index (κ3) is 5.12. The zero-order valence-corrected chi connectivity index (χ0v) is 15.9. The number of esters is 1. The zero-order valence-electron chi connectivity index (χ0n) is 15.9. The number of morpholine rings is 1. The summed E-state index contributed by atoms with van der Waals surface area (Å²) in [5, 5.41) is 2.90. The fourth-order valence-electron chi connectivity index (χ4n) is 2.87. The molecule has 2 amide bonds. The first-order chi connectivity index (χ1) is 13.5. The highest BCUT2D eigenvalue weighted by molar-refractivity contribution is 5.90. The molecule has 0 unspecified atom stereocenters. The quantitative estimate of drug-likeness (QED) is 0.644. The highest BCUT2D eigenvalue weighted by atomic mass is 16.5. The minimum Gasteiger partial charge on any atom is -0.465 e. The molecule has 144 valence electrons. The Labute approximate surface area is 164 Å². The molecule has 1 fully saturated rings. The van der Waals surface area contributed by atoms with E-state index in [-0.39, 0.29) is 12.1 Å². The van der Waals surface area contributed by atoms with Gasteiger partial charge in [-0.1, -0.05) is 24.0 Å². The Bertz CT molecular complexity index is 929. The average molecular weight is 378 g/mol. The van der Waals surface area contributed by atoms with Gasteiger partial charge in [0.2, 0.25) is 0 Å². The summed E-state index contributed by atoms with van der Waals surface area (Å²) in [6, 6.07) is 14.1. The largest absolute Gasteiger partial charge is 0.465 e. The molecule has 1 aliphatic rings. The number of hydrogen-bond donors (Lipinski definition) is 1. The molecule has 1 atom stereocenters. The molecule has 6 nitrogen and oxygen atoms in total. The van der Waals surface area contributed by atoms with Crippen LogP contribution in [0.4, 0.5) is 10.5 Å². The number of nitrogens with one attached hydrogen (secondary N) is 1. The van der Waals surface area contributed by atoms with E-state index >= 15 is 0 Å². The Kier molecular flexibility index (Phi) is 6.30. The van der Waals surface area contributed by atoms with Crippen molar-refractivity contribution < 1.29 is 19.1 Å². The van der Waals surface area contributed by atoms with Gasteiger partial charge in [0.05, 0.1) is 25.4 Å². The lowest BCUT2D eigenvalue weighted by molar-refractivity contribution is -0.00138. The van der Waals surface area contributed by atoms with Gasteiger partial charge >= 0.3 is 12.0 Å². The van der Waals surface area contributed by atoms with E-state index in [1.807, 2.05) is 37.3 Å². The zero-order chi connectivity index (χ0) is 19.9. The predicted molar refractivity (Wildman–Crippen MR) is 106 cm³/mol. The summed E-state index contributed by atoms with van der Waals surface area (Å²) < 4.78 is 10.2.